The lowest BCUT2D eigenvalue weighted by Gasteiger charge is -2.23. The summed E-state index contributed by atoms with van der Waals surface area (Å²) in [5.41, 5.74) is 2.18. The number of carbonyl (C=O) groups excluding carboxylic acids is 1. The third kappa shape index (κ3) is 6.10. The molecular formula is C22H27ClN2O2. The maximum atomic E-state index is 11.0. The van der Waals surface area contributed by atoms with Crippen molar-refractivity contribution in [2.24, 2.45) is 0 Å². The fraction of sp³-hybridized carbons (Fsp3) is 0.364. The molecule has 1 atom stereocenters. The van der Waals surface area contributed by atoms with Crippen molar-refractivity contribution in [3.05, 3.63) is 58.8 Å². The van der Waals surface area contributed by atoms with Crippen LogP contribution in [0.15, 0.2) is 42.6 Å². The Balaban J connectivity index is 2.06. The van der Waals surface area contributed by atoms with Gasteiger partial charge in [-0.25, -0.2) is 4.98 Å². The summed E-state index contributed by atoms with van der Waals surface area (Å²) in [6.07, 6.45) is 6.56. The second-order valence-electron chi connectivity index (χ2n) is 7.26. The summed E-state index contributed by atoms with van der Waals surface area (Å²) < 4.78 is 5.82. The van der Waals surface area contributed by atoms with Crippen LogP contribution in [0.3, 0.4) is 0 Å². The van der Waals surface area contributed by atoms with Crippen LogP contribution in [-0.4, -0.2) is 16.9 Å². The van der Waals surface area contributed by atoms with Crippen LogP contribution in [0.5, 0.6) is 11.6 Å². The Labute approximate surface area is 166 Å². The molecule has 4 nitrogen and oxygen atoms in total. The number of ether oxygens (including phenoxy) is 1. The van der Waals surface area contributed by atoms with Gasteiger partial charge in [-0.3, -0.25) is 4.79 Å². The van der Waals surface area contributed by atoms with E-state index >= 15 is 0 Å². The average molecular weight is 387 g/mol. The average Bonchev–Trinajstić information content (AvgIpc) is 2.62. The van der Waals surface area contributed by atoms with Crippen LogP contribution >= 0.6 is 11.6 Å². The number of hydrogen-bond acceptors (Lipinski definition) is 3. The molecule has 0 aliphatic carbocycles. The molecule has 1 amide bonds. The van der Waals surface area contributed by atoms with Crippen molar-refractivity contribution in [1.29, 1.82) is 0 Å². The molecule has 1 N–H and O–H groups in total. The number of nitrogens with one attached hydrogen (secondary N) is 1. The van der Waals surface area contributed by atoms with E-state index in [1.165, 1.54) is 12.5 Å². The zero-order valence-corrected chi connectivity index (χ0v) is 17.3. The van der Waals surface area contributed by atoms with Crippen molar-refractivity contribution in [3.8, 4) is 11.6 Å². The van der Waals surface area contributed by atoms with Crippen molar-refractivity contribution >= 4 is 23.6 Å². The Hall–Kier alpha value is -2.33. The lowest BCUT2D eigenvalue weighted by molar-refractivity contribution is -0.119. The van der Waals surface area contributed by atoms with Gasteiger partial charge in [-0.2, -0.15) is 0 Å². The fourth-order valence-electron chi connectivity index (χ4n) is 2.50. The SMILES string of the molecule is CCC(C)(C)c1ccc(Oc2ccc(/C=C/[C@H](C)NC(C)=O)cn2)c(Cl)c1. The van der Waals surface area contributed by atoms with Gasteiger partial charge in [0.05, 0.1) is 5.02 Å². The van der Waals surface area contributed by atoms with Crippen LogP contribution in [-0.2, 0) is 10.2 Å². The second kappa shape index (κ2) is 9.05. The summed E-state index contributed by atoms with van der Waals surface area (Å²) in [6, 6.07) is 9.56. The molecule has 2 aromatic rings. The predicted molar refractivity (Wildman–Crippen MR) is 111 cm³/mol. The van der Waals surface area contributed by atoms with E-state index in [2.05, 4.69) is 31.1 Å². The fourth-order valence-corrected chi connectivity index (χ4v) is 2.72. The number of rotatable bonds is 7. The molecule has 0 saturated carbocycles. The van der Waals surface area contributed by atoms with Crippen molar-refractivity contribution in [2.75, 3.05) is 0 Å². The topological polar surface area (TPSA) is 51.2 Å². The molecule has 0 unspecified atom stereocenters. The molecule has 0 fully saturated rings. The monoisotopic (exact) mass is 386 g/mol. The van der Waals surface area contributed by atoms with Crippen LogP contribution in [0.25, 0.3) is 6.08 Å². The Morgan fingerprint density at radius 3 is 2.63 bits per heavy atom. The quantitative estimate of drug-likeness (QED) is 0.658. The zero-order chi connectivity index (χ0) is 20.0. The largest absolute Gasteiger partial charge is 0.437 e. The van der Waals surface area contributed by atoms with E-state index in [4.69, 9.17) is 16.3 Å². The van der Waals surface area contributed by atoms with E-state index in [9.17, 15) is 4.79 Å². The number of benzene rings is 1. The van der Waals surface area contributed by atoms with Gasteiger partial charge in [0.25, 0.3) is 0 Å². The molecule has 27 heavy (non-hydrogen) atoms. The highest BCUT2D eigenvalue weighted by atomic mass is 35.5. The minimum atomic E-state index is -0.0563. The Kier molecular flexibility index (Phi) is 7.03. The van der Waals surface area contributed by atoms with Crippen LogP contribution in [0.2, 0.25) is 5.02 Å². The maximum Gasteiger partial charge on any atom is 0.219 e. The van der Waals surface area contributed by atoms with Gasteiger partial charge in [-0.15, -0.1) is 0 Å². The smallest absolute Gasteiger partial charge is 0.219 e. The van der Waals surface area contributed by atoms with E-state index in [0.717, 1.165) is 12.0 Å². The van der Waals surface area contributed by atoms with Gasteiger partial charge in [0, 0.05) is 25.2 Å². The van der Waals surface area contributed by atoms with Crippen LogP contribution in [0.1, 0.15) is 52.2 Å². The summed E-state index contributed by atoms with van der Waals surface area (Å²) in [5.74, 6) is 1.01. The highest BCUT2D eigenvalue weighted by Gasteiger charge is 2.19. The van der Waals surface area contributed by atoms with Crippen LogP contribution < -0.4 is 10.1 Å². The van der Waals surface area contributed by atoms with Crippen LogP contribution in [0, 0.1) is 0 Å². The number of hydrogen-bond donors (Lipinski definition) is 1. The molecule has 5 heteroatoms. The van der Waals surface area contributed by atoms with Crippen molar-refractivity contribution in [3.63, 3.8) is 0 Å². The summed E-state index contributed by atoms with van der Waals surface area (Å²) in [7, 11) is 0. The third-order valence-electron chi connectivity index (χ3n) is 4.58. The molecule has 1 aromatic heterocycles. The van der Waals surface area contributed by atoms with Gasteiger partial charge in [0.15, 0.2) is 0 Å². The normalized spacial score (nSPS) is 12.8. The molecule has 144 valence electrons. The number of pyridine rings is 1. The molecule has 0 aliphatic rings. The first-order chi connectivity index (χ1) is 12.7. The lowest BCUT2D eigenvalue weighted by atomic mass is 9.82. The van der Waals surface area contributed by atoms with Gasteiger partial charge in [0.1, 0.15) is 5.75 Å². The van der Waals surface area contributed by atoms with Gasteiger partial charge in [0.2, 0.25) is 11.8 Å². The Bertz CT molecular complexity index is 814. The van der Waals surface area contributed by atoms with Crippen LogP contribution in [0.4, 0.5) is 0 Å². The molecule has 1 aromatic carbocycles. The van der Waals surface area contributed by atoms with Gasteiger partial charge >= 0.3 is 0 Å². The van der Waals surface area contributed by atoms with E-state index in [0.29, 0.717) is 16.7 Å². The highest BCUT2D eigenvalue weighted by Crippen LogP contribution is 2.34. The number of aromatic nitrogens is 1. The number of carbonyl (C=O) groups is 1. The number of halogens is 1. The predicted octanol–water partition coefficient (Wildman–Crippen LogP) is 5.75. The highest BCUT2D eigenvalue weighted by molar-refractivity contribution is 6.32. The van der Waals surface area contributed by atoms with Crippen molar-refractivity contribution < 1.29 is 9.53 Å². The summed E-state index contributed by atoms with van der Waals surface area (Å²) in [5, 5.41) is 3.37. The van der Waals surface area contributed by atoms with E-state index in [-0.39, 0.29) is 17.4 Å². The summed E-state index contributed by atoms with van der Waals surface area (Å²) in [4.78, 5) is 15.3. The van der Waals surface area contributed by atoms with E-state index in [1.807, 2.05) is 43.3 Å². The molecule has 0 spiro atoms. The van der Waals surface area contributed by atoms with E-state index in [1.54, 1.807) is 12.3 Å². The molecule has 2 rings (SSSR count). The third-order valence-corrected chi connectivity index (χ3v) is 4.87. The van der Waals surface area contributed by atoms with Gasteiger partial charge in [-0.05, 0) is 48.1 Å². The standard InChI is InChI=1S/C22H27ClN2O2/c1-6-22(4,5)18-10-11-20(19(23)13-18)27-21-12-9-17(14-24-21)8-7-15(2)25-16(3)26/h7-15H,6H2,1-5H3,(H,25,26)/b8-7+/t15-/m0/s1. The molecule has 0 aliphatic heterocycles. The van der Waals surface area contributed by atoms with Gasteiger partial charge in [-0.1, -0.05) is 50.6 Å². The first-order valence-electron chi connectivity index (χ1n) is 9.10. The molecule has 1 heterocycles. The van der Waals surface area contributed by atoms with E-state index < -0.39 is 0 Å². The summed E-state index contributed by atoms with van der Waals surface area (Å²) in [6.45, 7) is 9.96. The molecule has 0 radical (unpaired) electrons. The minimum Gasteiger partial charge on any atom is -0.437 e. The Morgan fingerprint density at radius 2 is 2.07 bits per heavy atom. The first kappa shape index (κ1) is 21.0. The Morgan fingerprint density at radius 1 is 1.33 bits per heavy atom. The molecule has 0 bridgehead atoms. The lowest BCUT2D eigenvalue weighted by Crippen LogP contribution is -2.28. The van der Waals surface area contributed by atoms with Crippen molar-refractivity contribution in [1.82, 2.24) is 10.3 Å². The summed E-state index contributed by atoms with van der Waals surface area (Å²) >= 11 is 6.40. The molecule has 0 saturated heterocycles. The second-order valence-corrected chi connectivity index (χ2v) is 7.67. The first-order valence-corrected chi connectivity index (χ1v) is 9.48. The zero-order valence-electron chi connectivity index (χ0n) is 16.5. The maximum absolute atomic E-state index is 11.0. The van der Waals surface area contributed by atoms with Gasteiger partial charge < -0.3 is 10.1 Å². The molecular weight excluding hydrogens is 360 g/mol. The minimum absolute atomic E-state index is 0.0388. The number of amides is 1. The van der Waals surface area contributed by atoms with Crippen molar-refractivity contribution in [2.45, 2.75) is 52.5 Å². The number of nitrogens with zero attached hydrogens (tertiary/aromatic N) is 1.